The lowest BCUT2D eigenvalue weighted by Crippen LogP contribution is -2.40. The van der Waals surface area contributed by atoms with Gasteiger partial charge < -0.3 is 9.64 Å². The summed E-state index contributed by atoms with van der Waals surface area (Å²) in [7, 11) is 1.81. The van der Waals surface area contributed by atoms with Gasteiger partial charge in [0.2, 0.25) is 5.88 Å². The van der Waals surface area contributed by atoms with E-state index in [0.29, 0.717) is 43.0 Å². The van der Waals surface area contributed by atoms with Crippen molar-refractivity contribution in [1.82, 2.24) is 34.4 Å². The van der Waals surface area contributed by atoms with Gasteiger partial charge >= 0.3 is 0 Å². The topological polar surface area (TPSA) is 91.0 Å². The fourth-order valence-electron chi connectivity index (χ4n) is 3.58. The molecule has 0 atom stereocenters. The first-order valence-corrected chi connectivity index (χ1v) is 9.77. The molecule has 1 aliphatic rings. The number of aryl methyl sites for hydroxylation is 3. The Morgan fingerprint density at radius 2 is 1.97 bits per heavy atom. The average molecular weight is 395 g/mol. The van der Waals surface area contributed by atoms with E-state index in [4.69, 9.17) is 4.74 Å². The molecule has 0 aromatic carbocycles. The number of carbonyl (C=O) groups is 1. The molecular formula is C20H25N7O2. The van der Waals surface area contributed by atoms with Crippen LogP contribution >= 0.6 is 0 Å². The Balaban J connectivity index is 1.31. The van der Waals surface area contributed by atoms with E-state index in [1.54, 1.807) is 27.7 Å². The molecule has 29 heavy (non-hydrogen) atoms. The van der Waals surface area contributed by atoms with E-state index in [2.05, 4.69) is 20.2 Å². The van der Waals surface area contributed by atoms with Gasteiger partial charge in [-0.05, 0) is 44.7 Å². The first kappa shape index (κ1) is 19.1. The Kier molecular flexibility index (Phi) is 5.28. The maximum absolute atomic E-state index is 12.5. The third-order valence-electron chi connectivity index (χ3n) is 5.16. The van der Waals surface area contributed by atoms with Crippen LogP contribution in [0.4, 0.5) is 0 Å². The minimum atomic E-state index is -0.00436. The Hall–Kier alpha value is -3.23. The summed E-state index contributed by atoms with van der Waals surface area (Å²) in [6.07, 6.45) is 5.08. The lowest BCUT2D eigenvalue weighted by Gasteiger charge is -2.31. The fourth-order valence-corrected chi connectivity index (χ4v) is 3.58. The number of carbonyl (C=O) groups excluding carboxylic acids is 1. The number of aromatic nitrogens is 6. The molecular weight excluding hydrogens is 370 g/mol. The summed E-state index contributed by atoms with van der Waals surface area (Å²) in [5.41, 5.74) is 2.45. The van der Waals surface area contributed by atoms with Gasteiger partial charge in [-0.25, -0.2) is 14.6 Å². The second-order valence-corrected chi connectivity index (χ2v) is 7.47. The van der Waals surface area contributed by atoms with E-state index in [9.17, 15) is 4.79 Å². The molecule has 0 unspecified atom stereocenters. The van der Waals surface area contributed by atoms with Crippen molar-refractivity contribution in [3.8, 4) is 11.7 Å². The zero-order valence-electron chi connectivity index (χ0n) is 16.9. The third kappa shape index (κ3) is 4.28. The number of hydrogen-bond acceptors (Lipinski definition) is 6. The molecule has 0 aliphatic carbocycles. The Bertz CT molecular complexity index is 1000. The lowest BCUT2D eigenvalue weighted by atomic mass is 9.97. The molecule has 1 amide bonds. The molecule has 1 aliphatic heterocycles. The molecule has 9 heteroatoms. The van der Waals surface area contributed by atoms with Crippen LogP contribution < -0.4 is 4.74 Å². The number of amides is 1. The molecule has 0 radical (unpaired) electrons. The molecule has 0 N–H and O–H groups in total. The Morgan fingerprint density at radius 3 is 2.62 bits per heavy atom. The summed E-state index contributed by atoms with van der Waals surface area (Å²) in [6.45, 7) is 5.93. The van der Waals surface area contributed by atoms with Crippen LogP contribution in [0.15, 0.2) is 30.7 Å². The number of nitrogens with zero attached hydrogens (tertiary/aromatic N) is 7. The maximum atomic E-state index is 12.5. The van der Waals surface area contributed by atoms with Gasteiger partial charge in [-0.1, -0.05) is 0 Å². The van der Waals surface area contributed by atoms with Crippen LogP contribution in [-0.2, 0) is 7.05 Å². The van der Waals surface area contributed by atoms with Crippen LogP contribution in [0.1, 0.15) is 34.7 Å². The van der Waals surface area contributed by atoms with E-state index < -0.39 is 0 Å². The van der Waals surface area contributed by atoms with Gasteiger partial charge in [0.1, 0.15) is 12.0 Å². The van der Waals surface area contributed by atoms with Crippen LogP contribution in [0, 0.1) is 19.8 Å². The second-order valence-electron chi connectivity index (χ2n) is 7.47. The van der Waals surface area contributed by atoms with Crippen molar-refractivity contribution < 1.29 is 9.53 Å². The van der Waals surface area contributed by atoms with Crippen molar-refractivity contribution in [2.75, 3.05) is 19.7 Å². The molecule has 3 aromatic rings. The molecule has 0 bridgehead atoms. The number of piperidine rings is 1. The quantitative estimate of drug-likeness (QED) is 0.656. The number of hydrogen-bond donors (Lipinski definition) is 0. The minimum absolute atomic E-state index is 0.00436. The van der Waals surface area contributed by atoms with Gasteiger partial charge in [0.25, 0.3) is 5.91 Å². The first-order valence-electron chi connectivity index (χ1n) is 9.77. The summed E-state index contributed by atoms with van der Waals surface area (Å²) in [4.78, 5) is 22.9. The zero-order valence-corrected chi connectivity index (χ0v) is 16.9. The maximum Gasteiger partial charge on any atom is 0.274 e. The molecule has 1 saturated heterocycles. The minimum Gasteiger partial charge on any atom is -0.477 e. The van der Waals surface area contributed by atoms with Crippen LogP contribution in [0.3, 0.4) is 0 Å². The highest BCUT2D eigenvalue weighted by Crippen LogP contribution is 2.21. The van der Waals surface area contributed by atoms with E-state index >= 15 is 0 Å². The van der Waals surface area contributed by atoms with Crippen molar-refractivity contribution in [1.29, 1.82) is 0 Å². The van der Waals surface area contributed by atoms with Crippen molar-refractivity contribution >= 4 is 5.91 Å². The monoisotopic (exact) mass is 395 g/mol. The highest BCUT2D eigenvalue weighted by atomic mass is 16.5. The third-order valence-corrected chi connectivity index (χ3v) is 5.16. The number of likely N-dealkylation sites (tertiary alicyclic amines) is 1. The van der Waals surface area contributed by atoms with Crippen LogP contribution in [0.5, 0.6) is 5.88 Å². The molecule has 9 nitrogen and oxygen atoms in total. The van der Waals surface area contributed by atoms with Crippen LogP contribution in [0.2, 0.25) is 0 Å². The predicted molar refractivity (Wildman–Crippen MR) is 106 cm³/mol. The first-order chi connectivity index (χ1) is 14.0. The molecule has 4 rings (SSSR count). The fraction of sp³-hybridized carbons (Fsp3) is 0.450. The zero-order chi connectivity index (χ0) is 20.4. The molecule has 0 saturated carbocycles. The van der Waals surface area contributed by atoms with Gasteiger partial charge in [0.05, 0.1) is 12.3 Å². The van der Waals surface area contributed by atoms with Gasteiger partial charge in [-0.2, -0.15) is 10.2 Å². The highest BCUT2D eigenvalue weighted by Gasteiger charge is 2.25. The van der Waals surface area contributed by atoms with Gasteiger partial charge in [0.15, 0.2) is 5.82 Å². The predicted octanol–water partition coefficient (Wildman–Crippen LogP) is 1.94. The number of ether oxygens (including phenoxy) is 1. The summed E-state index contributed by atoms with van der Waals surface area (Å²) < 4.78 is 9.36. The van der Waals surface area contributed by atoms with Crippen LogP contribution in [-0.4, -0.2) is 60.0 Å². The molecule has 152 valence electrons. The summed E-state index contributed by atoms with van der Waals surface area (Å²) in [5.74, 6) is 1.61. The summed E-state index contributed by atoms with van der Waals surface area (Å²) >= 11 is 0. The van der Waals surface area contributed by atoms with Crippen molar-refractivity contribution in [3.63, 3.8) is 0 Å². The van der Waals surface area contributed by atoms with Gasteiger partial charge in [-0.15, -0.1) is 0 Å². The molecule has 4 heterocycles. The van der Waals surface area contributed by atoms with Crippen molar-refractivity contribution in [2.45, 2.75) is 26.7 Å². The Morgan fingerprint density at radius 1 is 1.17 bits per heavy atom. The summed E-state index contributed by atoms with van der Waals surface area (Å²) in [5, 5.41) is 8.65. The van der Waals surface area contributed by atoms with E-state index in [-0.39, 0.29) is 5.91 Å². The summed E-state index contributed by atoms with van der Waals surface area (Å²) in [6, 6.07) is 5.56. The normalized spacial score (nSPS) is 14.9. The standard InChI is InChI=1S/C20H25N7O2/c1-14-10-15(2)27(23-14)18-11-19(22-13-21-18)29-12-16-4-8-26(9-5-16)20(28)17-6-7-25(3)24-17/h6-7,10-11,13,16H,4-5,8-9,12H2,1-3H3. The van der Waals surface area contributed by atoms with E-state index in [1.165, 1.54) is 6.33 Å². The second kappa shape index (κ2) is 8.02. The van der Waals surface area contributed by atoms with Crippen molar-refractivity contribution in [2.24, 2.45) is 13.0 Å². The smallest absolute Gasteiger partial charge is 0.274 e. The van der Waals surface area contributed by atoms with Gasteiger partial charge in [-0.3, -0.25) is 9.48 Å². The van der Waals surface area contributed by atoms with Crippen molar-refractivity contribution in [3.05, 3.63) is 47.8 Å². The largest absolute Gasteiger partial charge is 0.477 e. The molecule has 3 aromatic heterocycles. The average Bonchev–Trinajstić information content (AvgIpc) is 3.31. The highest BCUT2D eigenvalue weighted by molar-refractivity contribution is 5.92. The van der Waals surface area contributed by atoms with E-state index in [0.717, 1.165) is 24.2 Å². The van der Waals surface area contributed by atoms with Gasteiger partial charge in [0, 0.05) is 38.1 Å². The molecule has 0 spiro atoms. The number of rotatable bonds is 5. The SMILES string of the molecule is Cc1cc(C)n(-c2cc(OCC3CCN(C(=O)c4ccn(C)n4)CC3)ncn2)n1. The Labute approximate surface area is 169 Å². The van der Waals surface area contributed by atoms with E-state index in [1.807, 2.05) is 31.9 Å². The lowest BCUT2D eigenvalue weighted by molar-refractivity contribution is 0.0652. The van der Waals surface area contributed by atoms with Crippen LogP contribution in [0.25, 0.3) is 5.82 Å². The molecule has 1 fully saturated rings.